The van der Waals surface area contributed by atoms with Crippen LogP contribution in [0.4, 0.5) is 5.69 Å². The van der Waals surface area contributed by atoms with Crippen molar-refractivity contribution in [3.63, 3.8) is 0 Å². The molecule has 0 radical (unpaired) electrons. The van der Waals surface area contributed by atoms with E-state index in [0.29, 0.717) is 31.0 Å². The summed E-state index contributed by atoms with van der Waals surface area (Å²) in [7, 11) is 1.63. The lowest BCUT2D eigenvalue weighted by Gasteiger charge is -2.43. The molecule has 2 heterocycles. The van der Waals surface area contributed by atoms with Crippen molar-refractivity contribution in [2.24, 2.45) is 0 Å². The van der Waals surface area contributed by atoms with E-state index in [1.54, 1.807) is 16.7 Å². The molecular formula is C26H30N4O3. The fourth-order valence-corrected chi connectivity index (χ4v) is 4.30. The minimum atomic E-state index is -1.14. The van der Waals surface area contributed by atoms with Gasteiger partial charge in [-0.3, -0.25) is 19.2 Å². The highest BCUT2D eigenvalue weighted by Crippen LogP contribution is 2.36. The fraction of sp³-hybridized carbons (Fsp3) is 0.346. The number of fused-ring (bicyclic) bond motifs is 1. The van der Waals surface area contributed by atoms with Gasteiger partial charge < -0.3 is 10.1 Å². The highest BCUT2D eigenvalue weighted by atomic mass is 16.5. The number of amides is 2. The molecule has 0 aliphatic carbocycles. The largest absolute Gasteiger partial charge is 0.385 e. The summed E-state index contributed by atoms with van der Waals surface area (Å²) >= 11 is 0. The van der Waals surface area contributed by atoms with Crippen molar-refractivity contribution in [3.8, 4) is 11.3 Å². The number of nitrogens with zero attached hydrogens (tertiary/aromatic N) is 3. The molecule has 1 N–H and O–H groups in total. The van der Waals surface area contributed by atoms with Gasteiger partial charge in [-0.1, -0.05) is 42.5 Å². The number of benzene rings is 2. The molecule has 0 saturated heterocycles. The van der Waals surface area contributed by atoms with Crippen LogP contribution in [0.25, 0.3) is 11.3 Å². The Labute approximate surface area is 194 Å². The summed E-state index contributed by atoms with van der Waals surface area (Å²) in [5.74, 6) is -0.450. The number of hydrogen-bond acceptors (Lipinski definition) is 4. The Balaban J connectivity index is 1.78. The highest BCUT2D eigenvalue weighted by Gasteiger charge is 2.49. The van der Waals surface area contributed by atoms with Gasteiger partial charge in [0.05, 0.1) is 12.2 Å². The summed E-state index contributed by atoms with van der Waals surface area (Å²) in [6.07, 6.45) is 0.695. The topological polar surface area (TPSA) is 76.5 Å². The molecule has 3 aromatic rings. The minimum Gasteiger partial charge on any atom is -0.385 e. The third kappa shape index (κ3) is 4.16. The summed E-state index contributed by atoms with van der Waals surface area (Å²) < 4.78 is 6.76. The second-order valence-electron chi connectivity index (χ2n) is 8.67. The summed E-state index contributed by atoms with van der Waals surface area (Å²) in [6.45, 7) is 7.08. The molecule has 0 fully saturated rings. The number of carbonyl (C=O) groups is 2. The first kappa shape index (κ1) is 22.7. The van der Waals surface area contributed by atoms with Crippen LogP contribution in [-0.2, 0) is 16.1 Å². The van der Waals surface area contributed by atoms with Crippen molar-refractivity contribution < 1.29 is 14.3 Å². The highest BCUT2D eigenvalue weighted by molar-refractivity contribution is 6.12. The lowest BCUT2D eigenvalue weighted by atomic mass is 9.92. The first-order valence-corrected chi connectivity index (χ1v) is 11.2. The summed E-state index contributed by atoms with van der Waals surface area (Å²) in [5.41, 5.74) is 3.74. The Bertz CT molecular complexity index is 1170. The normalized spacial score (nSPS) is 17.7. The molecule has 7 heteroatoms. The quantitative estimate of drug-likeness (QED) is 0.561. The molecule has 1 aliphatic rings. The van der Waals surface area contributed by atoms with E-state index in [0.717, 1.165) is 22.4 Å². The third-order valence-electron chi connectivity index (χ3n) is 6.34. The number of nitrogens with one attached hydrogen (secondary N) is 1. The zero-order valence-electron chi connectivity index (χ0n) is 19.6. The van der Waals surface area contributed by atoms with Gasteiger partial charge in [-0.05, 0) is 50.5 Å². The van der Waals surface area contributed by atoms with Crippen LogP contribution in [0, 0.1) is 13.8 Å². The van der Waals surface area contributed by atoms with Crippen molar-refractivity contribution in [3.05, 3.63) is 71.4 Å². The Morgan fingerprint density at radius 3 is 2.64 bits per heavy atom. The molecule has 0 spiro atoms. The standard InChI is InChI=1S/C26H30N4O3/c1-18-10-8-13-22(19(18)2)30-24(31)23-16-21(20-11-6-5-7-12-20)28-29(23)17-26(30,3)25(32)27-14-9-15-33-4/h5-8,10-13,16H,9,14-15,17H2,1-4H3,(H,27,32)/t26-/m1/s1. The van der Waals surface area contributed by atoms with Gasteiger partial charge >= 0.3 is 0 Å². The number of methoxy groups -OCH3 is 1. The predicted molar refractivity (Wildman–Crippen MR) is 128 cm³/mol. The van der Waals surface area contributed by atoms with Gasteiger partial charge in [0, 0.05) is 31.5 Å². The first-order chi connectivity index (χ1) is 15.9. The first-order valence-electron chi connectivity index (χ1n) is 11.2. The summed E-state index contributed by atoms with van der Waals surface area (Å²) in [4.78, 5) is 29.0. The van der Waals surface area contributed by atoms with Gasteiger partial charge in [-0.15, -0.1) is 0 Å². The van der Waals surface area contributed by atoms with E-state index in [9.17, 15) is 9.59 Å². The molecule has 33 heavy (non-hydrogen) atoms. The Hall–Kier alpha value is -3.45. The van der Waals surface area contributed by atoms with Crippen LogP contribution in [0.1, 0.15) is 35.0 Å². The van der Waals surface area contributed by atoms with E-state index in [4.69, 9.17) is 9.84 Å². The van der Waals surface area contributed by atoms with Gasteiger partial charge in [-0.25, -0.2) is 0 Å². The van der Waals surface area contributed by atoms with E-state index in [-0.39, 0.29) is 18.4 Å². The molecule has 0 bridgehead atoms. The Kier molecular flexibility index (Phi) is 6.33. The number of carbonyl (C=O) groups excluding carboxylic acids is 2. The minimum absolute atomic E-state index is 0.213. The number of anilines is 1. The molecule has 172 valence electrons. The molecular weight excluding hydrogens is 416 g/mol. The number of ether oxygens (including phenoxy) is 1. The van der Waals surface area contributed by atoms with E-state index >= 15 is 0 Å². The molecule has 0 saturated carbocycles. The number of rotatable bonds is 7. The van der Waals surface area contributed by atoms with Crippen molar-refractivity contribution in [1.29, 1.82) is 0 Å². The third-order valence-corrected chi connectivity index (χ3v) is 6.34. The van der Waals surface area contributed by atoms with E-state index in [2.05, 4.69) is 5.32 Å². The van der Waals surface area contributed by atoms with Crippen LogP contribution in [-0.4, -0.2) is 47.4 Å². The Morgan fingerprint density at radius 2 is 1.91 bits per heavy atom. The van der Waals surface area contributed by atoms with Crippen LogP contribution in [0.3, 0.4) is 0 Å². The molecule has 2 amide bonds. The number of hydrogen-bond donors (Lipinski definition) is 1. The molecule has 1 atom stereocenters. The molecule has 1 aromatic heterocycles. The molecule has 1 aliphatic heterocycles. The van der Waals surface area contributed by atoms with Crippen molar-refractivity contribution in [1.82, 2.24) is 15.1 Å². The maximum atomic E-state index is 13.9. The van der Waals surface area contributed by atoms with E-state index < -0.39 is 5.54 Å². The monoisotopic (exact) mass is 446 g/mol. The number of aromatic nitrogens is 2. The smallest absolute Gasteiger partial charge is 0.277 e. The lowest BCUT2D eigenvalue weighted by Crippen LogP contribution is -2.64. The maximum Gasteiger partial charge on any atom is 0.277 e. The molecule has 0 unspecified atom stereocenters. The maximum absolute atomic E-state index is 13.9. The van der Waals surface area contributed by atoms with E-state index in [1.165, 1.54) is 0 Å². The lowest BCUT2D eigenvalue weighted by molar-refractivity contribution is -0.126. The van der Waals surface area contributed by atoms with Crippen LogP contribution in [0.15, 0.2) is 54.6 Å². The summed E-state index contributed by atoms with van der Waals surface area (Å²) in [6, 6.07) is 17.4. The average molecular weight is 447 g/mol. The number of aryl methyl sites for hydroxylation is 1. The van der Waals surface area contributed by atoms with Gasteiger partial charge in [-0.2, -0.15) is 5.10 Å². The van der Waals surface area contributed by atoms with Crippen LogP contribution in [0.5, 0.6) is 0 Å². The molecule has 2 aromatic carbocycles. The van der Waals surface area contributed by atoms with Crippen molar-refractivity contribution in [2.75, 3.05) is 25.2 Å². The van der Waals surface area contributed by atoms with Crippen molar-refractivity contribution in [2.45, 2.75) is 39.3 Å². The van der Waals surface area contributed by atoms with Gasteiger partial charge in [0.15, 0.2) is 0 Å². The fourth-order valence-electron chi connectivity index (χ4n) is 4.30. The van der Waals surface area contributed by atoms with Gasteiger partial charge in [0.1, 0.15) is 11.2 Å². The SMILES string of the molecule is COCCCNC(=O)[C@@]1(C)Cn2nc(-c3ccccc3)cc2C(=O)N1c1cccc(C)c1C. The van der Waals surface area contributed by atoms with Gasteiger partial charge in [0.2, 0.25) is 5.91 Å². The Morgan fingerprint density at radius 1 is 1.15 bits per heavy atom. The summed E-state index contributed by atoms with van der Waals surface area (Å²) in [5, 5.41) is 7.69. The van der Waals surface area contributed by atoms with E-state index in [1.807, 2.05) is 75.4 Å². The van der Waals surface area contributed by atoms with Crippen molar-refractivity contribution >= 4 is 17.5 Å². The zero-order chi connectivity index (χ0) is 23.6. The van der Waals surface area contributed by atoms with Crippen LogP contribution in [0.2, 0.25) is 0 Å². The second kappa shape index (κ2) is 9.19. The zero-order valence-corrected chi connectivity index (χ0v) is 19.6. The average Bonchev–Trinajstić information content (AvgIpc) is 3.24. The molecule has 4 rings (SSSR count). The molecule has 7 nitrogen and oxygen atoms in total. The van der Waals surface area contributed by atoms with Crippen LogP contribution < -0.4 is 10.2 Å². The predicted octanol–water partition coefficient (Wildman–Crippen LogP) is 3.74. The van der Waals surface area contributed by atoms with Crippen LogP contribution >= 0.6 is 0 Å². The van der Waals surface area contributed by atoms with Gasteiger partial charge in [0.25, 0.3) is 5.91 Å². The second-order valence-corrected chi connectivity index (χ2v) is 8.67.